The van der Waals surface area contributed by atoms with E-state index in [9.17, 15) is 0 Å². The van der Waals surface area contributed by atoms with Gasteiger partial charge in [0.1, 0.15) is 0 Å². The van der Waals surface area contributed by atoms with E-state index >= 15 is 0 Å². The van der Waals surface area contributed by atoms with Crippen molar-refractivity contribution < 1.29 is 148 Å². The van der Waals surface area contributed by atoms with Crippen LogP contribution < -0.4 is 99.1 Å². The van der Waals surface area contributed by atoms with Gasteiger partial charge in [-0.1, -0.05) is 388 Å². The van der Waals surface area contributed by atoms with Crippen molar-refractivity contribution in [1.29, 1.82) is 0 Å². The predicted octanol–water partition coefficient (Wildman–Crippen LogP) is 11.3. The van der Waals surface area contributed by atoms with E-state index in [0.717, 1.165) is 0 Å². The minimum Gasteiger partial charge on any atom is -0.0622 e. The molecule has 20 heteroatoms. The average Bonchev–Trinajstić information content (AvgIpc) is 0.738. The molecule has 0 unspecified atom stereocenters. The Labute approximate surface area is 751 Å². The zero-order valence-electron chi connectivity index (χ0n) is 61.2. The summed E-state index contributed by atoms with van der Waals surface area (Å²) >= 11 is -2.84. The second kappa shape index (κ2) is 51.7. The van der Waals surface area contributed by atoms with Crippen LogP contribution in [-0.2, 0) is 64.9 Å². The molecule has 584 valence electrons. The summed E-state index contributed by atoms with van der Waals surface area (Å²) in [7, 11) is 30.5. The fraction of sp³-hybridized carbons (Fsp3) is 0.0435. The SMILES string of the molecule is CNC.CNC.Cl.Cl.[Cl-].[Cl-].[ClH+][Ru-]([ClH+])[ClH+].[ClH+][Ru-]([ClH+])[ClH+].[Ru].[Ru].c1ccc(P(c2ccccc2)c2ccc3ccccc3c2-c2c(P(c3ccccc3)c3ccccc3)ccc3ccccc23)cc1.c1ccc(P(c2ccccc2)c2ccc3ccccc3c2-c2c(P(c3ccccc3)c3ccccc3)ccc3ccccc23)cc1. The molecule has 0 saturated carbocycles. The Morgan fingerprint density at radius 1 is 0.196 bits per heavy atom. The van der Waals surface area contributed by atoms with E-state index in [1.807, 2.05) is 28.2 Å². The maximum absolute atomic E-state index is 4.39. The van der Waals surface area contributed by atoms with Crippen LogP contribution in [0.15, 0.2) is 388 Å². The van der Waals surface area contributed by atoms with Crippen molar-refractivity contribution in [1.82, 2.24) is 10.6 Å². The van der Waals surface area contributed by atoms with Gasteiger partial charge in [0.15, 0.2) is 0 Å². The molecular weight excluding hydrogens is 2020 g/mol. The third-order valence-corrected chi connectivity index (χ3v) is 27.1. The molecule has 0 aliphatic rings. The standard InChI is InChI=1S/2C44H32P2.2C2H7N.10ClH.4Ru/c2*1-5-19-35(20-6-1)45(36-21-7-2-8-22-36)41-31-29-33-17-13-15-27-39(33)43(41)44-40-28-16-14-18-34(40)30-32-42(44)46(37-23-9-3-10-24-37)38-25-11-4-12-26-38;2*1-3-2;;;;;;;;;;;;;;/h2*1-32H;2*3H,1-2H3;10*1H;;;;/q;;;;;;;;;;;;;;;;2*+2/p-2. The van der Waals surface area contributed by atoms with Crippen molar-refractivity contribution in [2.24, 2.45) is 0 Å². The van der Waals surface area contributed by atoms with Crippen LogP contribution >= 0.6 is 56.5 Å². The van der Waals surface area contributed by atoms with Gasteiger partial charge in [-0.05, 0) is 189 Å². The molecule has 0 bridgehead atoms. The van der Waals surface area contributed by atoms with E-state index in [0.29, 0.717) is 0 Å². The molecule has 0 aliphatic carbocycles. The van der Waals surface area contributed by atoms with Gasteiger partial charge in [0, 0.05) is 39.0 Å². The van der Waals surface area contributed by atoms with E-state index in [-0.39, 0.29) is 88.6 Å². The molecule has 0 heterocycles. The van der Waals surface area contributed by atoms with E-state index in [1.165, 1.54) is 129 Å². The number of rotatable bonds is 14. The van der Waals surface area contributed by atoms with Crippen LogP contribution in [-0.4, -0.2) is 28.2 Å². The van der Waals surface area contributed by atoms with Gasteiger partial charge in [-0.15, -0.1) is 24.8 Å². The van der Waals surface area contributed by atoms with E-state index < -0.39 is 57.6 Å². The molecule has 16 aromatic carbocycles. The van der Waals surface area contributed by atoms with Gasteiger partial charge in [0.05, 0.1) is 0 Å². The quantitative estimate of drug-likeness (QED) is 0.0838. The van der Waals surface area contributed by atoms with Gasteiger partial charge >= 0.3 is 84.1 Å². The molecule has 2 N–H and O–H groups in total. The Morgan fingerprint density at radius 2 is 0.312 bits per heavy atom. The minimum absolute atomic E-state index is 0. The van der Waals surface area contributed by atoms with Gasteiger partial charge in [0.2, 0.25) is 0 Å². The van der Waals surface area contributed by atoms with Crippen LogP contribution in [0.4, 0.5) is 0 Å². The Kier molecular flexibility index (Phi) is 45.3. The number of hydrogen-bond donors (Lipinski definition) is 2. The van der Waals surface area contributed by atoms with Gasteiger partial charge < -0.3 is 35.4 Å². The molecule has 16 rings (SSSR count). The van der Waals surface area contributed by atoms with Crippen molar-refractivity contribution in [3.8, 4) is 22.3 Å². The van der Waals surface area contributed by atoms with Crippen LogP contribution in [0.25, 0.3) is 65.3 Å². The second-order valence-electron chi connectivity index (χ2n) is 24.1. The molecule has 16 aromatic rings. The Bertz CT molecular complexity index is 4560. The molecule has 2 nitrogen and oxygen atoms in total. The zero-order valence-corrected chi connectivity index (χ0v) is 79.7. The maximum atomic E-state index is 4.39. The third kappa shape index (κ3) is 25.8. The van der Waals surface area contributed by atoms with Crippen LogP contribution in [0.3, 0.4) is 0 Å². The molecule has 0 fully saturated rings. The summed E-state index contributed by atoms with van der Waals surface area (Å²) in [6.45, 7) is 0. The summed E-state index contributed by atoms with van der Waals surface area (Å²) in [6.07, 6.45) is 0. The number of fused-ring (bicyclic) bond motifs is 4. The molecule has 0 atom stereocenters. The first-order chi connectivity index (χ1) is 52.0. The third-order valence-electron chi connectivity index (χ3n) is 17.2. The van der Waals surface area contributed by atoms with Crippen LogP contribution in [0, 0.1) is 58.1 Å². The normalized spacial score (nSPS) is 10.5. The monoisotopic (exact) mass is 2100 g/mol. The topological polar surface area (TPSA) is 24.1 Å². The van der Waals surface area contributed by atoms with Crippen molar-refractivity contribution >= 4 is 163 Å². The zero-order chi connectivity index (χ0) is 74.0. The van der Waals surface area contributed by atoms with Crippen molar-refractivity contribution in [2.75, 3.05) is 28.2 Å². The van der Waals surface area contributed by atoms with Crippen LogP contribution in [0.1, 0.15) is 0 Å². The first kappa shape index (κ1) is 98.2. The van der Waals surface area contributed by atoms with Gasteiger partial charge in [-0.3, -0.25) is 0 Å². The maximum Gasteiger partial charge on any atom is 0 e. The largest absolute Gasteiger partial charge is 0.0622 e. The first-order valence-electron chi connectivity index (χ1n) is 34.3. The molecular formula is C92H86Cl10N2P4Ru4+2. The summed E-state index contributed by atoms with van der Waals surface area (Å²) < 4.78 is 0. The van der Waals surface area contributed by atoms with Gasteiger partial charge in [-0.2, -0.15) is 0 Å². The smallest absolute Gasteiger partial charge is 0 e. The van der Waals surface area contributed by atoms with Crippen LogP contribution in [0.2, 0.25) is 0 Å². The Hall–Kier alpha value is -4.41. The molecule has 112 heavy (non-hydrogen) atoms. The number of benzene rings is 16. The van der Waals surface area contributed by atoms with E-state index in [1.54, 1.807) is 0 Å². The molecule has 0 aliphatic heterocycles. The minimum atomic E-state index is -1.42. The summed E-state index contributed by atoms with van der Waals surface area (Å²) in [5, 5.41) is 32.2. The molecule has 0 spiro atoms. The predicted molar refractivity (Wildman–Crippen MR) is 461 cm³/mol. The van der Waals surface area contributed by atoms with Crippen molar-refractivity contribution in [3.63, 3.8) is 0 Å². The Morgan fingerprint density at radius 3 is 0.446 bits per heavy atom. The average molecular weight is 2100 g/mol. The number of hydrogen-bond acceptors (Lipinski definition) is 2. The summed E-state index contributed by atoms with van der Waals surface area (Å²) in [6, 6.07) is 144. The Balaban J connectivity index is 0.000000328. The van der Waals surface area contributed by atoms with Gasteiger partial charge in [-0.25, -0.2) is 0 Å². The fourth-order valence-electron chi connectivity index (χ4n) is 13.2. The van der Waals surface area contributed by atoms with E-state index in [2.05, 4.69) is 457 Å². The summed E-state index contributed by atoms with van der Waals surface area (Å²) in [4.78, 5) is 0. The first-order valence-corrected chi connectivity index (χ1v) is 54.2. The molecule has 0 radical (unpaired) electrons. The molecule has 0 amide bonds. The van der Waals surface area contributed by atoms with Crippen LogP contribution in [0.5, 0.6) is 0 Å². The summed E-state index contributed by atoms with van der Waals surface area (Å²) in [5.41, 5.74) is 5.40. The van der Waals surface area contributed by atoms with Gasteiger partial charge in [0.25, 0.3) is 0 Å². The summed E-state index contributed by atoms with van der Waals surface area (Å²) in [5.74, 6) is 0. The fourth-order valence-corrected chi connectivity index (χ4v) is 23.1. The van der Waals surface area contributed by atoms with E-state index in [4.69, 9.17) is 0 Å². The molecule has 0 aromatic heterocycles. The number of nitrogens with one attached hydrogen (secondary N) is 2. The number of halogens is 10. The van der Waals surface area contributed by atoms with Crippen molar-refractivity contribution in [2.45, 2.75) is 0 Å². The van der Waals surface area contributed by atoms with Crippen molar-refractivity contribution in [3.05, 3.63) is 388 Å². The second-order valence-corrected chi connectivity index (χ2v) is 51.3. The molecule has 0 saturated heterocycles.